The lowest BCUT2D eigenvalue weighted by molar-refractivity contribution is 0.0600. The smallest absolute Gasteiger partial charge is 0.337 e. The standard InChI is InChI=1S/C15H21NO3.ClH/c1-18-15(17)13-5-2-6-14(10-13)19-9-7-12-4-3-8-16-11-12;/h2,5-6,10,12,16H,3-4,7-9,11H2,1H3;1H. The van der Waals surface area contributed by atoms with Gasteiger partial charge in [0.15, 0.2) is 0 Å². The Balaban J connectivity index is 0.00000200. The monoisotopic (exact) mass is 299 g/mol. The average Bonchev–Trinajstić information content (AvgIpc) is 2.48. The first-order valence-corrected chi connectivity index (χ1v) is 6.81. The highest BCUT2D eigenvalue weighted by molar-refractivity contribution is 5.89. The van der Waals surface area contributed by atoms with Crippen molar-refractivity contribution in [1.82, 2.24) is 5.32 Å². The fraction of sp³-hybridized carbons (Fsp3) is 0.533. The average molecular weight is 300 g/mol. The first-order chi connectivity index (χ1) is 9.29. The second-order valence-electron chi connectivity index (χ2n) is 4.87. The van der Waals surface area contributed by atoms with Crippen molar-refractivity contribution < 1.29 is 14.3 Å². The van der Waals surface area contributed by atoms with Crippen molar-refractivity contribution >= 4 is 18.4 Å². The van der Waals surface area contributed by atoms with Gasteiger partial charge in [-0.05, 0) is 56.5 Å². The number of carbonyl (C=O) groups excluding carboxylic acids is 1. The van der Waals surface area contributed by atoms with Crippen molar-refractivity contribution in [3.63, 3.8) is 0 Å². The largest absolute Gasteiger partial charge is 0.494 e. The molecule has 0 saturated carbocycles. The molecule has 1 unspecified atom stereocenters. The third-order valence-corrected chi connectivity index (χ3v) is 3.45. The van der Waals surface area contributed by atoms with Gasteiger partial charge in [0.2, 0.25) is 0 Å². The molecular weight excluding hydrogens is 278 g/mol. The lowest BCUT2D eigenvalue weighted by Gasteiger charge is -2.22. The first kappa shape index (κ1) is 16.8. The van der Waals surface area contributed by atoms with Crippen molar-refractivity contribution in [2.45, 2.75) is 19.3 Å². The van der Waals surface area contributed by atoms with Crippen LogP contribution in [0.3, 0.4) is 0 Å². The zero-order valence-corrected chi connectivity index (χ0v) is 12.6. The quantitative estimate of drug-likeness (QED) is 0.849. The highest BCUT2D eigenvalue weighted by Crippen LogP contribution is 2.17. The summed E-state index contributed by atoms with van der Waals surface area (Å²) in [6.07, 6.45) is 3.58. The summed E-state index contributed by atoms with van der Waals surface area (Å²) < 4.78 is 10.4. The number of halogens is 1. The van der Waals surface area contributed by atoms with E-state index in [9.17, 15) is 4.79 Å². The van der Waals surface area contributed by atoms with E-state index in [4.69, 9.17) is 4.74 Å². The van der Waals surface area contributed by atoms with Crippen molar-refractivity contribution in [3.8, 4) is 5.75 Å². The van der Waals surface area contributed by atoms with Crippen LogP contribution in [0, 0.1) is 5.92 Å². The Morgan fingerprint density at radius 2 is 2.30 bits per heavy atom. The summed E-state index contributed by atoms with van der Waals surface area (Å²) in [5.41, 5.74) is 0.527. The summed E-state index contributed by atoms with van der Waals surface area (Å²) in [7, 11) is 1.38. The molecule has 4 nitrogen and oxygen atoms in total. The van der Waals surface area contributed by atoms with Crippen LogP contribution in [0.25, 0.3) is 0 Å². The zero-order chi connectivity index (χ0) is 13.5. The molecule has 1 aliphatic rings. The molecule has 1 saturated heterocycles. The van der Waals surface area contributed by atoms with Crippen LogP contribution < -0.4 is 10.1 Å². The van der Waals surface area contributed by atoms with Gasteiger partial charge in [-0.2, -0.15) is 0 Å². The molecule has 1 aromatic carbocycles. The number of esters is 1. The highest BCUT2D eigenvalue weighted by Gasteiger charge is 2.13. The molecule has 0 aromatic heterocycles. The lowest BCUT2D eigenvalue weighted by Crippen LogP contribution is -2.30. The van der Waals surface area contributed by atoms with E-state index in [1.165, 1.54) is 20.0 Å². The summed E-state index contributed by atoms with van der Waals surface area (Å²) in [4.78, 5) is 11.4. The Morgan fingerprint density at radius 3 is 3.00 bits per heavy atom. The third kappa shape index (κ3) is 5.02. The summed E-state index contributed by atoms with van der Waals surface area (Å²) in [5.74, 6) is 1.10. The minimum atomic E-state index is -0.332. The third-order valence-electron chi connectivity index (χ3n) is 3.45. The molecule has 1 atom stereocenters. The van der Waals surface area contributed by atoms with E-state index >= 15 is 0 Å². The van der Waals surface area contributed by atoms with Crippen molar-refractivity contribution in [1.29, 1.82) is 0 Å². The van der Waals surface area contributed by atoms with Gasteiger partial charge in [0.1, 0.15) is 5.75 Å². The second-order valence-corrected chi connectivity index (χ2v) is 4.87. The minimum Gasteiger partial charge on any atom is -0.494 e. The molecule has 1 aromatic rings. The molecule has 5 heteroatoms. The number of methoxy groups -OCH3 is 1. The molecule has 0 bridgehead atoms. The molecule has 20 heavy (non-hydrogen) atoms. The maximum absolute atomic E-state index is 11.4. The first-order valence-electron chi connectivity index (χ1n) is 6.81. The number of hydrogen-bond donors (Lipinski definition) is 1. The van der Waals surface area contributed by atoms with E-state index in [1.807, 2.05) is 12.1 Å². The highest BCUT2D eigenvalue weighted by atomic mass is 35.5. The van der Waals surface area contributed by atoms with E-state index in [0.717, 1.165) is 25.3 Å². The molecule has 1 N–H and O–H groups in total. The van der Waals surface area contributed by atoms with Gasteiger partial charge in [-0.15, -0.1) is 12.4 Å². The maximum Gasteiger partial charge on any atom is 0.337 e. The molecule has 1 fully saturated rings. The van der Waals surface area contributed by atoms with Gasteiger partial charge in [0.05, 0.1) is 19.3 Å². The van der Waals surface area contributed by atoms with Gasteiger partial charge >= 0.3 is 5.97 Å². The fourth-order valence-electron chi connectivity index (χ4n) is 2.34. The van der Waals surface area contributed by atoms with Crippen LogP contribution in [-0.4, -0.2) is 32.8 Å². The summed E-state index contributed by atoms with van der Waals surface area (Å²) in [6, 6.07) is 7.13. The number of nitrogens with one attached hydrogen (secondary N) is 1. The zero-order valence-electron chi connectivity index (χ0n) is 11.8. The Kier molecular flexibility index (Phi) is 7.41. The number of rotatable bonds is 5. The van der Waals surface area contributed by atoms with Gasteiger partial charge in [0.25, 0.3) is 0 Å². The number of ether oxygens (including phenoxy) is 2. The van der Waals surface area contributed by atoms with Gasteiger partial charge in [-0.1, -0.05) is 6.07 Å². The van der Waals surface area contributed by atoms with Crippen LogP contribution in [-0.2, 0) is 4.74 Å². The maximum atomic E-state index is 11.4. The van der Waals surface area contributed by atoms with Crippen LogP contribution in [0.15, 0.2) is 24.3 Å². The molecule has 1 aliphatic heterocycles. The van der Waals surface area contributed by atoms with Crippen LogP contribution in [0.1, 0.15) is 29.6 Å². The predicted octanol–water partition coefficient (Wildman–Crippen LogP) is 2.66. The van der Waals surface area contributed by atoms with Crippen molar-refractivity contribution in [2.24, 2.45) is 5.92 Å². The normalized spacial score (nSPS) is 17.9. The SMILES string of the molecule is COC(=O)c1cccc(OCCC2CCCNC2)c1.Cl. The van der Waals surface area contributed by atoms with Gasteiger partial charge in [0, 0.05) is 0 Å². The topological polar surface area (TPSA) is 47.6 Å². The van der Waals surface area contributed by atoms with Crippen LogP contribution in [0.4, 0.5) is 0 Å². The number of hydrogen-bond acceptors (Lipinski definition) is 4. The molecule has 0 amide bonds. The van der Waals surface area contributed by atoms with Crippen LogP contribution >= 0.6 is 12.4 Å². The van der Waals surface area contributed by atoms with Crippen molar-refractivity contribution in [2.75, 3.05) is 26.8 Å². The lowest BCUT2D eigenvalue weighted by atomic mass is 9.97. The van der Waals surface area contributed by atoms with Gasteiger partial charge < -0.3 is 14.8 Å². The van der Waals surface area contributed by atoms with E-state index < -0.39 is 0 Å². The fourth-order valence-corrected chi connectivity index (χ4v) is 2.34. The van der Waals surface area contributed by atoms with E-state index in [-0.39, 0.29) is 18.4 Å². The molecule has 0 aliphatic carbocycles. The number of piperidine rings is 1. The Labute approximate surface area is 126 Å². The summed E-state index contributed by atoms with van der Waals surface area (Å²) in [6.45, 7) is 2.92. The Bertz CT molecular complexity index is 419. The molecular formula is C15H22ClNO3. The molecule has 1 heterocycles. The predicted molar refractivity (Wildman–Crippen MR) is 80.7 cm³/mol. The summed E-state index contributed by atoms with van der Waals surface area (Å²) >= 11 is 0. The van der Waals surface area contributed by atoms with Gasteiger partial charge in [-0.25, -0.2) is 4.79 Å². The molecule has 0 radical (unpaired) electrons. The van der Waals surface area contributed by atoms with E-state index in [0.29, 0.717) is 18.1 Å². The molecule has 112 valence electrons. The number of benzene rings is 1. The van der Waals surface area contributed by atoms with Crippen molar-refractivity contribution in [3.05, 3.63) is 29.8 Å². The number of carbonyl (C=O) groups is 1. The second kappa shape index (κ2) is 8.82. The minimum absolute atomic E-state index is 0. The molecule has 0 spiro atoms. The van der Waals surface area contributed by atoms with E-state index in [1.54, 1.807) is 12.1 Å². The van der Waals surface area contributed by atoms with Gasteiger partial charge in [-0.3, -0.25) is 0 Å². The van der Waals surface area contributed by atoms with E-state index in [2.05, 4.69) is 10.1 Å². The summed E-state index contributed by atoms with van der Waals surface area (Å²) in [5, 5.41) is 3.40. The Morgan fingerprint density at radius 1 is 1.45 bits per heavy atom. The molecule has 2 rings (SSSR count). The van der Waals surface area contributed by atoms with Crippen LogP contribution in [0.5, 0.6) is 5.75 Å². The van der Waals surface area contributed by atoms with Crippen LogP contribution in [0.2, 0.25) is 0 Å². The Hall–Kier alpha value is -1.26.